The van der Waals surface area contributed by atoms with Gasteiger partial charge in [-0.2, -0.15) is 0 Å². The summed E-state index contributed by atoms with van der Waals surface area (Å²) >= 11 is 12.3. The average molecular weight is 614 g/mol. The van der Waals surface area contributed by atoms with E-state index in [1.807, 2.05) is 12.1 Å². The van der Waals surface area contributed by atoms with Gasteiger partial charge in [-0.3, -0.25) is 19.3 Å². The van der Waals surface area contributed by atoms with Crippen molar-refractivity contribution in [2.75, 3.05) is 20.1 Å². The molecule has 2 aromatic carbocycles. The van der Waals surface area contributed by atoms with Crippen molar-refractivity contribution in [1.29, 1.82) is 0 Å². The summed E-state index contributed by atoms with van der Waals surface area (Å²) in [7, 11) is 1.80. The molecule has 0 radical (unpaired) electrons. The number of carbonyl (C=O) groups excluding carboxylic acids is 3. The van der Waals surface area contributed by atoms with E-state index in [-0.39, 0.29) is 30.4 Å². The molecular weight excluding hydrogens is 579 g/mol. The van der Waals surface area contributed by atoms with Gasteiger partial charge in [-0.1, -0.05) is 41.4 Å². The van der Waals surface area contributed by atoms with E-state index < -0.39 is 23.1 Å². The Labute approximate surface area is 255 Å². The second-order valence-electron chi connectivity index (χ2n) is 11.8. The lowest BCUT2D eigenvalue weighted by molar-refractivity contribution is -0.222. The zero-order chi connectivity index (χ0) is 30.0. The number of amides is 1. The van der Waals surface area contributed by atoms with Gasteiger partial charge in [0.25, 0.3) is 0 Å². The van der Waals surface area contributed by atoms with Crippen LogP contribution in [0.4, 0.5) is 0 Å². The number of hydrogen-bond acceptors (Lipinski definition) is 7. The molecule has 2 fully saturated rings. The van der Waals surface area contributed by atoms with Gasteiger partial charge in [0.05, 0.1) is 34.0 Å². The summed E-state index contributed by atoms with van der Waals surface area (Å²) in [5, 5.41) is 0.826. The molecule has 222 valence electrons. The molecule has 6 rings (SSSR count). The van der Waals surface area contributed by atoms with E-state index in [0.717, 1.165) is 23.2 Å². The van der Waals surface area contributed by atoms with Crippen LogP contribution in [0.15, 0.2) is 43.0 Å². The molecule has 0 aromatic heterocycles. The molecule has 1 amide bonds. The second-order valence-corrected chi connectivity index (χ2v) is 12.6. The van der Waals surface area contributed by atoms with E-state index in [2.05, 4.69) is 11.5 Å². The Bertz CT molecular complexity index is 1500. The zero-order valence-electron chi connectivity index (χ0n) is 24.0. The van der Waals surface area contributed by atoms with Crippen molar-refractivity contribution in [3.05, 3.63) is 69.7 Å². The number of esters is 2. The lowest BCUT2D eigenvalue weighted by atomic mass is 9.48. The topological polar surface area (TPSA) is 85.4 Å². The first kappa shape index (κ1) is 29.0. The molecule has 1 spiro atoms. The number of hydrogen-bond donors (Lipinski definition) is 0. The number of likely N-dealkylation sites (N-methyl/N-ethyl adjacent to an activating group) is 1. The molecule has 5 atom stereocenters. The normalized spacial score (nSPS) is 28.7. The Kier molecular flexibility index (Phi) is 7.31. The van der Waals surface area contributed by atoms with E-state index in [1.165, 1.54) is 13.8 Å². The number of benzene rings is 2. The highest BCUT2D eigenvalue weighted by Crippen LogP contribution is 2.67. The number of piperidine rings is 1. The Morgan fingerprint density at radius 3 is 2.62 bits per heavy atom. The molecule has 2 heterocycles. The minimum Gasteiger partial charge on any atom is -0.483 e. The van der Waals surface area contributed by atoms with Crippen LogP contribution in [0.25, 0.3) is 0 Å². The fourth-order valence-corrected chi connectivity index (χ4v) is 8.50. The number of rotatable bonds is 7. The minimum atomic E-state index is -0.887. The maximum absolute atomic E-state index is 13.7. The molecule has 1 saturated heterocycles. The molecule has 2 unspecified atom stereocenters. The zero-order valence-corrected chi connectivity index (χ0v) is 25.5. The summed E-state index contributed by atoms with van der Waals surface area (Å²) in [4.78, 5) is 42.7. The van der Waals surface area contributed by atoms with Crippen LogP contribution in [0.1, 0.15) is 49.8 Å². The van der Waals surface area contributed by atoms with Crippen molar-refractivity contribution in [2.45, 2.75) is 75.2 Å². The molecule has 42 heavy (non-hydrogen) atoms. The third-order valence-corrected chi connectivity index (χ3v) is 10.4. The third kappa shape index (κ3) is 4.25. The van der Waals surface area contributed by atoms with Crippen molar-refractivity contribution in [2.24, 2.45) is 0 Å². The van der Waals surface area contributed by atoms with Crippen molar-refractivity contribution < 1.29 is 28.6 Å². The lowest BCUT2D eigenvalue weighted by Gasteiger charge is -2.65. The van der Waals surface area contributed by atoms with E-state index in [1.54, 1.807) is 36.2 Å². The summed E-state index contributed by atoms with van der Waals surface area (Å²) in [6.07, 6.45) is 3.92. The molecule has 2 aliphatic carbocycles. The van der Waals surface area contributed by atoms with Crippen molar-refractivity contribution in [3.8, 4) is 11.5 Å². The fraction of sp³-hybridized carbons (Fsp3) is 0.469. The Balaban J connectivity index is 1.46. The Morgan fingerprint density at radius 2 is 1.93 bits per heavy atom. The molecule has 2 aromatic rings. The van der Waals surface area contributed by atoms with Gasteiger partial charge in [0.1, 0.15) is 11.7 Å². The van der Waals surface area contributed by atoms with Crippen LogP contribution >= 0.6 is 23.2 Å². The minimum absolute atomic E-state index is 0.0915. The predicted molar refractivity (Wildman–Crippen MR) is 158 cm³/mol. The van der Waals surface area contributed by atoms with E-state index in [9.17, 15) is 14.4 Å². The van der Waals surface area contributed by atoms with E-state index >= 15 is 0 Å². The van der Waals surface area contributed by atoms with Gasteiger partial charge in [0.2, 0.25) is 5.91 Å². The monoisotopic (exact) mass is 612 g/mol. The first-order valence-electron chi connectivity index (χ1n) is 14.3. The van der Waals surface area contributed by atoms with Gasteiger partial charge >= 0.3 is 11.9 Å². The van der Waals surface area contributed by atoms with Crippen molar-refractivity contribution >= 4 is 41.0 Å². The summed E-state index contributed by atoms with van der Waals surface area (Å²) in [6.45, 7) is 8.18. The number of ether oxygens (including phenoxy) is 3. The molecule has 8 nitrogen and oxygen atoms in total. The standard InChI is InChI=1S/C32H34Cl2N2O6/c1-5-13-36-14-12-31-28-21-7-9-25(40-18(2)37)29(28)41-30(31)24(10-11-32(31,26(36)17-21)42-19(3)38)35(4)27(39)16-20-6-8-22(33)23(34)15-20/h5-9,15,24,26,30H,1,10-14,16-17H2,2-4H3/t24?,26-,30?,31+,32-/m1/s1. The van der Waals surface area contributed by atoms with Crippen LogP contribution in [0.2, 0.25) is 10.0 Å². The van der Waals surface area contributed by atoms with Crippen LogP contribution in [-0.4, -0.2) is 71.6 Å². The SMILES string of the molecule is C=CCN1CC[C@]23c4c5ccc(OC(C)=O)c4OC2C(N(C)C(=O)Cc2ccc(Cl)c(Cl)c2)CC[C@@]3(OC(C)=O)[C@H]1C5. The Morgan fingerprint density at radius 1 is 1.14 bits per heavy atom. The van der Waals surface area contributed by atoms with Gasteiger partial charge in [0, 0.05) is 39.5 Å². The molecule has 1 saturated carbocycles. The van der Waals surface area contributed by atoms with Crippen LogP contribution in [-0.2, 0) is 37.4 Å². The lowest BCUT2D eigenvalue weighted by Crippen LogP contribution is -2.79. The molecule has 0 N–H and O–H groups in total. The van der Waals surface area contributed by atoms with E-state index in [4.69, 9.17) is 37.4 Å². The molecule has 10 heteroatoms. The highest BCUT2D eigenvalue weighted by molar-refractivity contribution is 6.42. The summed E-state index contributed by atoms with van der Waals surface area (Å²) in [6, 6.07) is 8.55. The first-order chi connectivity index (χ1) is 20.0. The number of nitrogens with zero attached hydrogens (tertiary/aromatic N) is 2. The maximum atomic E-state index is 13.7. The quantitative estimate of drug-likeness (QED) is 0.250. The average Bonchev–Trinajstić information content (AvgIpc) is 3.28. The van der Waals surface area contributed by atoms with Crippen LogP contribution in [0, 0.1) is 0 Å². The van der Waals surface area contributed by atoms with E-state index in [0.29, 0.717) is 53.8 Å². The highest BCUT2D eigenvalue weighted by atomic mass is 35.5. The van der Waals surface area contributed by atoms with Crippen LogP contribution in [0.5, 0.6) is 11.5 Å². The van der Waals surface area contributed by atoms with Crippen LogP contribution in [0.3, 0.4) is 0 Å². The second kappa shape index (κ2) is 10.6. The fourth-order valence-electron chi connectivity index (χ4n) is 8.18. The number of likely N-dealkylation sites (tertiary alicyclic amines) is 1. The van der Waals surface area contributed by atoms with Gasteiger partial charge < -0.3 is 19.1 Å². The number of carbonyl (C=O) groups is 3. The smallest absolute Gasteiger partial charge is 0.308 e. The molecular formula is C32H34Cl2N2O6. The third-order valence-electron chi connectivity index (χ3n) is 9.66. The summed E-state index contributed by atoms with van der Waals surface area (Å²) in [5.41, 5.74) is 1.16. The molecule has 4 aliphatic rings. The largest absolute Gasteiger partial charge is 0.483 e. The highest BCUT2D eigenvalue weighted by Gasteiger charge is 2.75. The summed E-state index contributed by atoms with van der Waals surface area (Å²) < 4.78 is 18.9. The summed E-state index contributed by atoms with van der Waals surface area (Å²) in [5.74, 6) is -0.0388. The van der Waals surface area contributed by atoms with Gasteiger partial charge in [-0.05, 0) is 55.0 Å². The Hall–Kier alpha value is -3.07. The predicted octanol–water partition coefficient (Wildman–Crippen LogP) is 4.90. The van der Waals surface area contributed by atoms with Crippen molar-refractivity contribution in [3.63, 3.8) is 0 Å². The van der Waals surface area contributed by atoms with Crippen molar-refractivity contribution in [1.82, 2.24) is 9.80 Å². The molecule has 2 aliphatic heterocycles. The number of halogens is 2. The van der Waals surface area contributed by atoms with Gasteiger partial charge in [0.15, 0.2) is 11.5 Å². The van der Waals surface area contributed by atoms with Crippen LogP contribution < -0.4 is 9.47 Å². The maximum Gasteiger partial charge on any atom is 0.308 e. The molecule has 2 bridgehead atoms. The first-order valence-corrected chi connectivity index (χ1v) is 15.0. The van der Waals surface area contributed by atoms with Gasteiger partial charge in [-0.25, -0.2) is 0 Å². The van der Waals surface area contributed by atoms with Gasteiger partial charge in [-0.15, -0.1) is 6.58 Å².